The SMILES string of the molecule is COC(=O)C(C)N1CCc2cc(OC)c(OC)cc2[C@H]1Cc1ccc(OC)c(OC)c1.O=C(O)C(=O)O. The van der Waals surface area contributed by atoms with Crippen LogP contribution in [-0.2, 0) is 32.0 Å². The van der Waals surface area contributed by atoms with Crippen LogP contribution in [-0.4, -0.2) is 81.2 Å². The number of fused-ring (bicyclic) bond motifs is 1. The van der Waals surface area contributed by atoms with E-state index >= 15 is 0 Å². The Morgan fingerprint density at radius 3 is 1.92 bits per heavy atom. The Labute approximate surface area is 215 Å². The summed E-state index contributed by atoms with van der Waals surface area (Å²) in [6, 6.07) is 9.55. The van der Waals surface area contributed by atoms with Crippen molar-refractivity contribution in [2.45, 2.75) is 31.8 Å². The molecule has 0 aliphatic carbocycles. The van der Waals surface area contributed by atoms with Crippen LogP contribution in [0.4, 0.5) is 0 Å². The fourth-order valence-corrected chi connectivity index (χ4v) is 4.28. The maximum Gasteiger partial charge on any atom is 0.414 e. The van der Waals surface area contributed by atoms with Gasteiger partial charge in [0.2, 0.25) is 0 Å². The lowest BCUT2D eigenvalue weighted by atomic mass is 9.87. The van der Waals surface area contributed by atoms with Crippen LogP contribution in [0.3, 0.4) is 0 Å². The van der Waals surface area contributed by atoms with E-state index in [1.807, 2.05) is 37.3 Å². The highest BCUT2D eigenvalue weighted by molar-refractivity contribution is 6.27. The summed E-state index contributed by atoms with van der Waals surface area (Å²) < 4.78 is 27.0. The van der Waals surface area contributed by atoms with E-state index in [4.69, 9.17) is 43.5 Å². The highest BCUT2D eigenvalue weighted by Gasteiger charge is 2.35. The Morgan fingerprint density at radius 2 is 1.41 bits per heavy atom. The number of benzene rings is 2. The number of carboxylic acid groups (broad SMARTS) is 2. The van der Waals surface area contributed by atoms with Crippen molar-refractivity contribution in [1.82, 2.24) is 4.90 Å². The van der Waals surface area contributed by atoms with Gasteiger partial charge < -0.3 is 33.9 Å². The van der Waals surface area contributed by atoms with Gasteiger partial charge in [-0.1, -0.05) is 6.07 Å². The van der Waals surface area contributed by atoms with Crippen LogP contribution in [0.1, 0.15) is 29.7 Å². The molecule has 0 radical (unpaired) electrons. The quantitative estimate of drug-likeness (QED) is 0.393. The van der Waals surface area contributed by atoms with Gasteiger partial charge in [-0.3, -0.25) is 9.69 Å². The highest BCUT2D eigenvalue weighted by atomic mass is 16.5. The van der Waals surface area contributed by atoms with Gasteiger partial charge in [0.1, 0.15) is 6.04 Å². The van der Waals surface area contributed by atoms with E-state index in [2.05, 4.69) is 4.90 Å². The van der Waals surface area contributed by atoms with Crippen LogP contribution in [0.5, 0.6) is 23.0 Å². The van der Waals surface area contributed by atoms with Gasteiger partial charge in [-0.2, -0.15) is 0 Å². The standard InChI is InChI=1S/C24H31NO6.C2H2O4/c1-15(24(26)31-6)25-10-9-17-13-22(29-4)23(30-5)14-18(17)19(25)11-16-7-8-20(27-2)21(12-16)28-3;3-1(4)2(5)6/h7-8,12-15,19H,9-11H2,1-6H3;(H,3,4)(H,5,6)/t15?,19-;/m1./s1. The molecule has 37 heavy (non-hydrogen) atoms. The summed E-state index contributed by atoms with van der Waals surface area (Å²) >= 11 is 0. The van der Waals surface area contributed by atoms with Gasteiger partial charge in [0.15, 0.2) is 23.0 Å². The van der Waals surface area contributed by atoms with Crippen LogP contribution in [0.25, 0.3) is 0 Å². The molecule has 1 heterocycles. The van der Waals surface area contributed by atoms with Gasteiger partial charge in [0.25, 0.3) is 0 Å². The minimum atomic E-state index is -1.82. The highest BCUT2D eigenvalue weighted by Crippen LogP contribution is 2.41. The number of carbonyl (C=O) groups excluding carboxylic acids is 1. The van der Waals surface area contributed by atoms with Crippen molar-refractivity contribution >= 4 is 17.9 Å². The lowest BCUT2D eigenvalue weighted by Crippen LogP contribution is -2.46. The molecule has 1 aliphatic heterocycles. The molecule has 0 saturated carbocycles. The molecule has 0 bridgehead atoms. The maximum absolute atomic E-state index is 12.4. The molecule has 2 N–H and O–H groups in total. The van der Waals surface area contributed by atoms with Crippen molar-refractivity contribution in [3.63, 3.8) is 0 Å². The van der Waals surface area contributed by atoms with Gasteiger partial charge in [-0.05, 0) is 60.7 Å². The second-order valence-electron chi connectivity index (χ2n) is 8.11. The van der Waals surface area contributed by atoms with E-state index in [0.29, 0.717) is 29.4 Å². The number of nitrogens with zero attached hydrogens (tertiary/aromatic N) is 1. The van der Waals surface area contributed by atoms with E-state index in [0.717, 1.165) is 24.1 Å². The Morgan fingerprint density at radius 1 is 0.865 bits per heavy atom. The van der Waals surface area contributed by atoms with Gasteiger partial charge in [0, 0.05) is 12.6 Å². The molecular formula is C26H33NO10. The van der Waals surface area contributed by atoms with E-state index < -0.39 is 11.9 Å². The molecule has 2 atom stereocenters. The summed E-state index contributed by atoms with van der Waals surface area (Å²) in [6.07, 6.45) is 1.49. The van der Waals surface area contributed by atoms with Gasteiger partial charge in [0.05, 0.1) is 35.5 Å². The fraction of sp³-hybridized carbons (Fsp3) is 0.423. The predicted molar refractivity (Wildman–Crippen MR) is 133 cm³/mol. The number of aliphatic carboxylic acids is 2. The molecule has 3 rings (SSSR count). The average Bonchev–Trinajstić information content (AvgIpc) is 2.91. The molecule has 1 unspecified atom stereocenters. The summed E-state index contributed by atoms with van der Waals surface area (Å²) in [6.45, 7) is 2.62. The number of methoxy groups -OCH3 is 5. The molecule has 2 aromatic rings. The zero-order chi connectivity index (χ0) is 27.7. The first-order valence-electron chi connectivity index (χ1n) is 11.4. The third-order valence-electron chi connectivity index (χ3n) is 6.14. The van der Waals surface area contributed by atoms with Crippen molar-refractivity contribution < 1.29 is 48.3 Å². The van der Waals surface area contributed by atoms with Gasteiger partial charge in [-0.25, -0.2) is 9.59 Å². The summed E-state index contributed by atoms with van der Waals surface area (Å²) in [4.78, 5) is 32.8. The molecule has 0 spiro atoms. The normalized spacial score (nSPS) is 15.2. The minimum Gasteiger partial charge on any atom is -0.493 e. The summed E-state index contributed by atoms with van der Waals surface area (Å²) in [7, 11) is 7.94. The Kier molecular flexibility index (Phi) is 10.6. The summed E-state index contributed by atoms with van der Waals surface area (Å²) in [5.41, 5.74) is 3.39. The number of hydrogen-bond acceptors (Lipinski definition) is 9. The first-order valence-corrected chi connectivity index (χ1v) is 11.4. The lowest BCUT2D eigenvalue weighted by Gasteiger charge is -2.40. The third kappa shape index (κ3) is 7.04. The van der Waals surface area contributed by atoms with E-state index in [-0.39, 0.29) is 18.1 Å². The molecule has 0 aromatic heterocycles. The molecule has 202 valence electrons. The smallest absolute Gasteiger partial charge is 0.414 e. The zero-order valence-electron chi connectivity index (χ0n) is 21.8. The lowest BCUT2D eigenvalue weighted by molar-refractivity contribution is -0.159. The maximum atomic E-state index is 12.4. The van der Waals surface area contributed by atoms with Gasteiger partial charge >= 0.3 is 17.9 Å². The van der Waals surface area contributed by atoms with E-state index in [9.17, 15) is 4.79 Å². The van der Waals surface area contributed by atoms with Crippen LogP contribution >= 0.6 is 0 Å². The number of carboxylic acids is 2. The Bertz CT molecular complexity index is 1100. The molecule has 11 heteroatoms. The number of hydrogen-bond donors (Lipinski definition) is 2. The third-order valence-corrected chi connectivity index (χ3v) is 6.14. The molecule has 0 saturated heterocycles. The average molecular weight is 520 g/mol. The fourth-order valence-electron chi connectivity index (χ4n) is 4.28. The zero-order valence-corrected chi connectivity index (χ0v) is 21.8. The van der Waals surface area contributed by atoms with Crippen molar-refractivity contribution in [3.8, 4) is 23.0 Å². The Hall–Kier alpha value is -3.99. The minimum absolute atomic E-state index is 0.0456. The number of carbonyl (C=O) groups is 3. The Balaban J connectivity index is 0.000000717. The first kappa shape index (κ1) is 29.2. The monoisotopic (exact) mass is 519 g/mol. The summed E-state index contributed by atoms with van der Waals surface area (Å²) in [5.74, 6) is -1.16. The van der Waals surface area contributed by atoms with Crippen molar-refractivity contribution in [3.05, 3.63) is 47.0 Å². The van der Waals surface area contributed by atoms with Crippen LogP contribution in [0.15, 0.2) is 30.3 Å². The van der Waals surface area contributed by atoms with E-state index in [1.165, 1.54) is 12.7 Å². The number of rotatable bonds is 8. The van der Waals surface area contributed by atoms with Crippen molar-refractivity contribution in [2.24, 2.45) is 0 Å². The molecule has 2 aromatic carbocycles. The molecule has 1 aliphatic rings. The van der Waals surface area contributed by atoms with Crippen molar-refractivity contribution in [2.75, 3.05) is 42.1 Å². The number of esters is 1. The molecule has 0 amide bonds. The predicted octanol–water partition coefficient (Wildman–Crippen LogP) is 2.58. The number of ether oxygens (including phenoxy) is 5. The summed E-state index contributed by atoms with van der Waals surface area (Å²) in [5, 5.41) is 14.8. The van der Waals surface area contributed by atoms with E-state index in [1.54, 1.807) is 28.4 Å². The van der Waals surface area contributed by atoms with Crippen molar-refractivity contribution in [1.29, 1.82) is 0 Å². The van der Waals surface area contributed by atoms with Gasteiger partial charge in [-0.15, -0.1) is 0 Å². The topological polar surface area (TPSA) is 141 Å². The largest absolute Gasteiger partial charge is 0.493 e. The first-order chi connectivity index (χ1) is 17.6. The van der Waals surface area contributed by atoms with Crippen LogP contribution < -0.4 is 18.9 Å². The van der Waals surface area contributed by atoms with Crippen LogP contribution in [0, 0.1) is 0 Å². The van der Waals surface area contributed by atoms with Crippen LogP contribution in [0.2, 0.25) is 0 Å². The molecule has 0 fully saturated rings. The molecular weight excluding hydrogens is 486 g/mol. The molecule has 11 nitrogen and oxygen atoms in total. The second-order valence-corrected chi connectivity index (χ2v) is 8.11. The second kappa shape index (κ2) is 13.4.